The molecule has 0 aliphatic rings. The number of aryl methyl sites for hydroxylation is 1. The quantitative estimate of drug-likeness (QED) is 0.770. The first-order valence-corrected chi connectivity index (χ1v) is 5.96. The van der Waals surface area contributed by atoms with Crippen LogP contribution in [0.15, 0.2) is 17.5 Å². The summed E-state index contributed by atoms with van der Waals surface area (Å²) in [4.78, 5) is 0. The molecule has 1 heterocycles. The maximum Gasteiger partial charge on any atom is 0.133 e. The Kier molecular flexibility index (Phi) is 2.66. The summed E-state index contributed by atoms with van der Waals surface area (Å²) in [6.07, 6.45) is 0.904. The van der Waals surface area contributed by atoms with Gasteiger partial charge in [0.25, 0.3) is 0 Å². The van der Waals surface area contributed by atoms with E-state index in [1.165, 1.54) is 0 Å². The van der Waals surface area contributed by atoms with E-state index in [0.29, 0.717) is 11.6 Å². The molecule has 2 rings (SSSR count). The van der Waals surface area contributed by atoms with Crippen LogP contribution in [0.2, 0.25) is 0 Å². The van der Waals surface area contributed by atoms with E-state index in [9.17, 15) is 5.11 Å². The molecule has 2 aromatic rings. The molecular formula is C11H11ClOS. The molecule has 0 amide bonds. The normalized spacial score (nSPS) is 11.0. The van der Waals surface area contributed by atoms with E-state index in [2.05, 4.69) is 6.92 Å². The topological polar surface area (TPSA) is 20.2 Å². The van der Waals surface area contributed by atoms with Crippen LogP contribution in [0, 0.1) is 0 Å². The summed E-state index contributed by atoms with van der Waals surface area (Å²) in [5.41, 5.74) is 2.30. The van der Waals surface area contributed by atoms with E-state index in [4.69, 9.17) is 11.6 Å². The van der Waals surface area contributed by atoms with Crippen molar-refractivity contribution in [2.24, 2.45) is 0 Å². The maximum absolute atomic E-state index is 9.76. The predicted octanol–water partition coefficient (Wildman–Crippen LogP) is 3.91. The van der Waals surface area contributed by atoms with Crippen LogP contribution < -0.4 is 0 Å². The molecule has 14 heavy (non-hydrogen) atoms. The number of thiophene rings is 1. The number of hydrogen-bond acceptors (Lipinski definition) is 2. The lowest BCUT2D eigenvalue weighted by Crippen LogP contribution is -1.90. The molecule has 1 N–H and O–H groups in total. The average molecular weight is 227 g/mol. The number of phenols is 1. The third-order valence-electron chi connectivity index (χ3n) is 2.44. The van der Waals surface area contributed by atoms with Crippen molar-refractivity contribution < 1.29 is 5.11 Å². The molecule has 0 spiro atoms. The number of rotatable bonds is 2. The Morgan fingerprint density at radius 3 is 2.93 bits per heavy atom. The molecule has 0 fully saturated rings. The molecule has 74 valence electrons. The highest BCUT2D eigenvalue weighted by atomic mass is 35.5. The number of benzene rings is 1. The van der Waals surface area contributed by atoms with Crippen molar-refractivity contribution in [3.05, 3.63) is 28.6 Å². The molecule has 0 saturated heterocycles. The van der Waals surface area contributed by atoms with Crippen molar-refractivity contribution >= 4 is 33.0 Å². The summed E-state index contributed by atoms with van der Waals surface area (Å²) >= 11 is 7.48. The number of alkyl halides is 1. The van der Waals surface area contributed by atoms with Gasteiger partial charge in [-0.05, 0) is 35.1 Å². The zero-order valence-electron chi connectivity index (χ0n) is 7.88. The van der Waals surface area contributed by atoms with E-state index in [0.717, 1.165) is 27.6 Å². The molecule has 0 aliphatic carbocycles. The predicted molar refractivity (Wildman–Crippen MR) is 62.4 cm³/mol. The Morgan fingerprint density at radius 1 is 1.50 bits per heavy atom. The van der Waals surface area contributed by atoms with Crippen LogP contribution in [0.25, 0.3) is 10.1 Å². The Bertz CT molecular complexity index is 462. The van der Waals surface area contributed by atoms with Crippen LogP contribution in [0.4, 0.5) is 0 Å². The van der Waals surface area contributed by atoms with Gasteiger partial charge in [-0.3, -0.25) is 0 Å². The standard InChI is InChI=1S/C11H11ClOS/c1-2-7-5-10(13)11-8(3-4-14-11)9(7)6-12/h3-5,13H,2,6H2,1H3. The summed E-state index contributed by atoms with van der Waals surface area (Å²) in [6.45, 7) is 2.07. The van der Waals surface area contributed by atoms with E-state index in [1.54, 1.807) is 11.3 Å². The van der Waals surface area contributed by atoms with Gasteiger partial charge in [-0.15, -0.1) is 22.9 Å². The molecule has 3 heteroatoms. The lowest BCUT2D eigenvalue weighted by molar-refractivity contribution is 0.482. The van der Waals surface area contributed by atoms with Crippen molar-refractivity contribution in [3.63, 3.8) is 0 Å². The number of aromatic hydroxyl groups is 1. The Hall–Kier alpha value is -0.730. The van der Waals surface area contributed by atoms with Gasteiger partial charge in [0.15, 0.2) is 0 Å². The summed E-state index contributed by atoms with van der Waals surface area (Å²) in [6, 6.07) is 3.85. The highest BCUT2D eigenvalue weighted by molar-refractivity contribution is 7.17. The Labute approximate surface area is 91.9 Å². The van der Waals surface area contributed by atoms with Gasteiger partial charge in [0, 0.05) is 11.3 Å². The summed E-state index contributed by atoms with van der Waals surface area (Å²) in [5, 5.41) is 12.8. The molecule has 0 atom stereocenters. The van der Waals surface area contributed by atoms with Gasteiger partial charge in [0.05, 0.1) is 4.70 Å². The number of halogens is 1. The average Bonchev–Trinajstić information content (AvgIpc) is 2.66. The monoisotopic (exact) mass is 226 g/mol. The fourth-order valence-corrected chi connectivity index (χ4v) is 2.86. The minimum atomic E-state index is 0.376. The zero-order chi connectivity index (χ0) is 10.1. The third-order valence-corrected chi connectivity index (χ3v) is 3.64. The minimum Gasteiger partial charge on any atom is -0.506 e. The van der Waals surface area contributed by atoms with Crippen molar-refractivity contribution in [2.45, 2.75) is 19.2 Å². The lowest BCUT2D eigenvalue weighted by atomic mass is 10.0. The Morgan fingerprint density at radius 2 is 2.29 bits per heavy atom. The van der Waals surface area contributed by atoms with Gasteiger partial charge >= 0.3 is 0 Å². The summed E-state index contributed by atoms with van der Waals surface area (Å²) in [5.74, 6) is 0.886. The van der Waals surface area contributed by atoms with Crippen LogP contribution in [0.5, 0.6) is 5.75 Å². The van der Waals surface area contributed by atoms with Crippen molar-refractivity contribution in [1.82, 2.24) is 0 Å². The number of hydrogen-bond donors (Lipinski definition) is 1. The lowest BCUT2D eigenvalue weighted by Gasteiger charge is -2.07. The number of phenolic OH excluding ortho intramolecular Hbond substituents is 1. The molecule has 1 aromatic heterocycles. The first-order chi connectivity index (χ1) is 6.77. The SMILES string of the molecule is CCc1cc(O)c2sccc2c1CCl. The Balaban J connectivity index is 2.82. The van der Waals surface area contributed by atoms with E-state index >= 15 is 0 Å². The molecule has 1 nitrogen and oxygen atoms in total. The van der Waals surface area contributed by atoms with E-state index < -0.39 is 0 Å². The minimum absolute atomic E-state index is 0.376. The smallest absolute Gasteiger partial charge is 0.133 e. The van der Waals surface area contributed by atoms with Gasteiger partial charge in [0.2, 0.25) is 0 Å². The zero-order valence-corrected chi connectivity index (χ0v) is 9.45. The molecule has 0 saturated carbocycles. The van der Waals surface area contributed by atoms with Crippen molar-refractivity contribution in [1.29, 1.82) is 0 Å². The van der Waals surface area contributed by atoms with Crippen molar-refractivity contribution in [2.75, 3.05) is 0 Å². The first-order valence-electron chi connectivity index (χ1n) is 4.54. The molecular weight excluding hydrogens is 216 g/mol. The van der Waals surface area contributed by atoms with E-state index in [-0.39, 0.29) is 0 Å². The molecule has 0 unspecified atom stereocenters. The highest BCUT2D eigenvalue weighted by Crippen LogP contribution is 2.35. The second-order valence-corrected chi connectivity index (χ2v) is 4.37. The third kappa shape index (κ3) is 1.39. The first kappa shape index (κ1) is 9.81. The van der Waals surface area contributed by atoms with Gasteiger partial charge in [-0.2, -0.15) is 0 Å². The van der Waals surface area contributed by atoms with Crippen molar-refractivity contribution in [3.8, 4) is 5.75 Å². The maximum atomic E-state index is 9.76. The van der Waals surface area contributed by atoms with Gasteiger partial charge in [0.1, 0.15) is 5.75 Å². The van der Waals surface area contributed by atoms with Crippen LogP contribution in [-0.2, 0) is 12.3 Å². The summed E-state index contributed by atoms with van der Waals surface area (Å²) < 4.78 is 0.942. The van der Waals surface area contributed by atoms with Gasteiger partial charge in [-0.1, -0.05) is 6.92 Å². The van der Waals surface area contributed by atoms with Crippen LogP contribution >= 0.6 is 22.9 Å². The second kappa shape index (κ2) is 3.79. The van der Waals surface area contributed by atoms with Crippen LogP contribution in [-0.4, -0.2) is 5.11 Å². The molecule has 0 bridgehead atoms. The molecule has 0 radical (unpaired) electrons. The second-order valence-electron chi connectivity index (χ2n) is 3.18. The fourth-order valence-electron chi connectivity index (χ4n) is 1.71. The van der Waals surface area contributed by atoms with Gasteiger partial charge < -0.3 is 5.11 Å². The number of fused-ring (bicyclic) bond motifs is 1. The van der Waals surface area contributed by atoms with Gasteiger partial charge in [-0.25, -0.2) is 0 Å². The fraction of sp³-hybridized carbons (Fsp3) is 0.273. The van der Waals surface area contributed by atoms with E-state index in [1.807, 2.05) is 17.5 Å². The van der Waals surface area contributed by atoms with Crippen LogP contribution in [0.1, 0.15) is 18.1 Å². The molecule has 1 aromatic carbocycles. The highest BCUT2D eigenvalue weighted by Gasteiger charge is 2.10. The summed E-state index contributed by atoms with van der Waals surface area (Å²) in [7, 11) is 0. The largest absolute Gasteiger partial charge is 0.506 e. The molecule has 0 aliphatic heterocycles. The van der Waals surface area contributed by atoms with Crippen LogP contribution in [0.3, 0.4) is 0 Å².